The molecule has 0 radical (unpaired) electrons. The van der Waals surface area contributed by atoms with Crippen molar-refractivity contribution in [2.24, 2.45) is 0 Å². The van der Waals surface area contributed by atoms with E-state index in [1.807, 2.05) is 7.11 Å². The Morgan fingerprint density at radius 2 is 1.53 bits per heavy atom. The van der Waals surface area contributed by atoms with Gasteiger partial charge in [-0.3, -0.25) is 0 Å². The predicted octanol–water partition coefficient (Wildman–Crippen LogP) is 7.98. The summed E-state index contributed by atoms with van der Waals surface area (Å²) in [4.78, 5) is 0. The van der Waals surface area contributed by atoms with Gasteiger partial charge < -0.3 is 4.74 Å². The van der Waals surface area contributed by atoms with Gasteiger partial charge >= 0.3 is 0 Å². The van der Waals surface area contributed by atoms with E-state index in [0.717, 1.165) is 18.6 Å². The number of hydrogen-bond acceptors (Lipinski definition) is 1. The van der Waals surface area contributed by atoms with Gasteiger partial charge in [-0.1, -0.05) is 103 Å². The fourth-order valence-electron chi connectivity index (χ4n) is 4.78. The highest BCUT2D eigenvalue weighted by Gasteiger charge is 2.43. The first-order chi connectivity index (χ1) is 13.7. The molecule has 0 heterocycles. The smallest absolute Gasteiger partial charge is 0.122 e. The molecule has 1 aliphatic rings. The lowest BCUT2D eigenvalue weighted by Crippen LogP contribution is -2.50. The normalized spacial score (nSPS) is 18.0. The van der Waals surface area contributed by atoms with E-state index >= 15 is 0 Å². The Morgan fingerprint density at radius 3 is 1.93 bits per heavy atom. The molecular formula is C27H46OSi2. The number of methoxy groups -OCH3 is 1. The van der Waals surface area contributed by atoms with Crippen molar-refractivity contribution < 1.29 is 4.74 Å². The molecule has 0 aromatic heterocycles. The molecule has 0 amide bonds. The molecule has 3 heteroatoms. The highest BCUT2D eigenvalue weighted by Crippen LogP contribution is 2.49. The topological polar surface area (TPSA) is 9.23 Å². The number of benzene rings is 1. The first-order valence-corrected chi connectivity index (χ1v) is 18.3. The second-order valence-electron chi connectivity index (χ2n) is 11.9. The maximum atomic E-state index is 6.27. The lowest BCUT2D eigenvalue weighted by Gasteiger charge is -2.41. The first kappa shape index (κ1) is 25.2. The zero-order valence-electron chi connectivity index (χ0n) is 21.8. The van der Waals surface area contributed by atoms with E-state index in [4.69, 9.17) is 4.74 Å². The number of hydrogen-bond donors (Lipinski definition) is 0. The second-order valence-corrected chi connectivity index (χ2v) is 22.6. The van der Waals surface area contributed by atoms with Crippen molar-refractivity contribution in [3.05, 3.63) is 47.1 Å². The van der Waals surface area contributed by atoms with E-state index in [9.17, 15) is 0 Å². The highest BCUT2D eigenvalue weighted by atomic mass is 28.3. The van der Waals surface area contributed by atoms with Gasteiger partial charge in [0.15, 0.2) is 0 Å². The van der Waals surface area contributed by atoms with Crippen molar-refractivity contribution in [3.8, 4) is 5.75 Å². The molecule has 1 nitrogen and oxygen atoms in total. The van der Waals surface area contributed by atoms with Gasteiger partial charge in [-0.2, -0.15) is 0 Å². The number of allylic oxidation sites excluding steroid dienone is 4. The van der Waals surface area contributed by atoms with Crippen LogP contribution in [-0.2, 0) is 5.41 Å². The van der Waals surface area contributed by atoms with E-state index in [1.54, 1.807) is 0 Å². The van der Waals surface area contributed by atoms with Crippen LogP contribution in [0.1, 0.15) is 58.6 Å². The van der Waals surface area contributed by atoms with Gasteiger partial charge in [-0.15, -0.1) is 0 Å². The van der Waals surface area contributed by atoms with Crippen molar-refractivity contribution >= 4 is 21.3 Å². The van der Waals surface area contributed by atoms with Crippen molar-refractivity contribution in [2.45, 2.75) is 103 Å². The van der Waals surface area contributed by atoms with Gasteiger partial charge in [-0.05, 0) is 41.1 Å². The molecule has 0 spiro atoms. The Labute approximate surface area is 189 Å². The number of aryl methyl sites for hydroxylation is 1. The lowest BCUT2D eigenvalue weighted by molar-refractivity contribution is 0.387. The third kappa shape index (κ3) is 4.30. The molecular weight excluding hydrogens is 396 g/mol. The summed E-state index contributed by atoms with van der Waals surface area (Å²) in [6.45, 7) is 26.6. The largest absolute Gasteiger partial charge is 0.497 e. The van der Waals surface area contributed by atoms with E-state index in [1.165, 1.54) is 21.9 Å². The van der Waals surface area contributed by atoms with E-state index in [0.29, 0.717) is 5.54 Å². The molecule has 1 aromatic rings. The third-order valence-corrected chi connectivity index (χ3v) is 15.9. The molecule has 1 atom stereocenters. The van der Waals surface area contributed by atoms with Crippen molar-refractivity contribution in [2.75, 3.05) is 7.11 Å². The van der Waals surface area contributed by atoms with Crippen LogP contribution in [0.3, 0.4) is 0 Å². The fraction of sp³-hybridized carbons (Fsp3) is 0.630. The average molecular weight is 443 g/mol. The number of ether oxygens (including phenoxy) is 1. The molecule has 0 aliphatic heterocycles. The van der Waals surface area contributed by atoms with Gasteiger partial charge in [0.05, 0.1) is 23.3 Å². The molecule has 0 saturated heterocycles. The molecule has 0 N–H and O–H groups in total. The molecule has 1 aromatic carbocycles. The zero-order chi connectivity index (χ0) is 23.1. The second kappa shape index (κ2) is 8.46. The zero-order valence-corrected chi connectivity index (χ0v) is 23.8. The van der Waals surface area contributed by atoms with Gasteiger partial charge in [0.2, 0.25) is 0 Å². The summed E-state index contributed by atoms with van der Waals surface area (Å²) >= 11 is 0. The van der Waals surface area contributed by atoms with E-state index in [-0.39, 0.29) is 10.5 Å². The summed E-state index contributed by atoms with van der Waals surface area (Å²) in [7, 11) is -1.13. The molecule has 30 heavy (non-hydrogen) atoms. The average Bonchev–Trinajstić information content (AvgIpc) is 3.13. The minimum atomic E-state index is -1.75. The molecule has 2 rings (SSSR count). The van der Waals surface area contributed by atoms with Crippen LogP contribution < -0.4 is 9.92 Å². The fourth-order valence-corrected chi connectivity index (χ4v) is 8.34. The summed E-state index contributed by atoms with van der Waals surface area (Å²) in [5.74, 6) is 1.15. The van der Waals surface area contributed by atoms with Crippen LogP contribution in [0.15, 0.2) is 35.9 Å². The first-order valence-electron chi connectivity index (χ1n) is 11.8. The van der Waals surface area contributed by atoms with Gasteiger partial charge in [0, 0.05) is 11.0 Å². The van der Waals surface area contributed by atoms with Crippen molar-refractivity contribution in [3.63, 3.8) is 0 Å². The van der Waals surface area contributed by atoms with E-state index in [2.05, 4.69) is 105 Å². The van der Waals surface area contributed by atoms with Crippen LogP contribution in [0.5, 0.6) is 5.75 Å². The monoisotopic (exact) mass is 442 g/mol. The van der Waals surface area contributed by atoms with Crippen LogP contribution in [0, 0.1) is 6.92 Å². The van der Waals surface area contributed by atoms with E-state index < -0.39 is 16.1 Å². The maximum absolute atomic E-state index is 6.27. The Balaban J connectivity index is 2.81. The third-order valence-electron chi connectivity index (χ3n) is 8.10. The van der Waals surface area contributed by atoms with Crippen LogP contribution in [0.2, 0.25) is 43.3 Å². The minimum Gasteiger partial charge on any atom is -0.497 e. The quantitative estimate of drug-likeness (QED) is 0.389. The maximum Gasteiger partial charge on any atom is 0.122 e. The van der Waals surface area contributed by atoms with Crippen LogP contribution in [0.4, 0.5) is 0 Å². The van der Waals surface area contributed by atoms with Crippen LogP contribution in [-0.4, -0.2) is 23.3 Å². The Bertz CT molecular complexity index is 828. The molecule has 0 bridgehead atoms. The summed E-state index contributed by atoms with van der Waals surface area (Å²) in [5.41, 5.74) is 4.91. The predicted molar refractivity (Wildman–Crippen MR) is 141 cm³/mol. The molecule has 0 fully saturated rings. The van der Waals surface area contributed by atoms with Crippen LogP contribution >= 0.6 is 0 Å². The Hall–Kier alpha value is -1.07. The SMILES string of the molecule is CCC(CC)(C1=CC([Si](C)(C)C)C=C1)c1cc(C)cc([Si](C)(C)C(C)(C)C)c1OC. The number of rotatable bonds is 7. The molecule has 168 valence electrons. The van der Waals surface area contributed by atoms with Crippen molar-refractivity contribution in [1.29, 1.82) is 0 Å². The van der Waals surface area contributed by atoms with Crippen LogP contribution in [0.25, 0.3) is 0 Å². The standard InChI is InChI=1S/C27H46OSi2/c1-13-27(14-2,21-15-16-22(19-21)29(8,9)10)23-17-20(3)18-24(25(23)28-7)30(11,12)26(4,5)6/h15-19,22H,13-14H2,1-12H3. The molecule has 1 aliphatic carbocycles. The highest BCUT2D eigenvalue weighted by molar-refractivity contribution is 6.92. The summed E-state index contributed by atoms with van der Waals surface area (Å²) < 4.78 is 6.27. The minimum absolute atomic E-state index is 0.0133. The summed E-state index contributed by atoms with van der Waals surface area (Å²) in [6.07, 6.45) is 9.68. The lowest BCUT2D eigenvalue weighted by atomic mass is 9.69. The summed E-state index contributed by atoms with van der Waals surface area (Å²) in [6, 6.07) is 4.83. The Kier molecular flexibility index (Phi) is 7.11. The van der Waals surface area contributed by atoms with Gasteiger partial charge in [-0.25, -0.2) is 0 Å². The molecule has 0 saturated carbocycles. The molecule has 1 unspecified atom stereocenters. The van der Waals surface area contributed by atoms with Gasteiger partial charge in [0.1, 0.15) is 5.75 Å². The van der Waals surface area contributed by atoms with Crippen molar-refractivity contribution in [1.82, 2.24) is 0 Å². The van der Waals surface area contributed by atoms with Gasteiger partial charge in [0.25, 0.3) is 0 Å². The summed E-state index contributed by atoms with van der Waals surface area (Å²) in [5, 5.41) is 1.74. The Morgan fingerprint density at radius 1 is 0.967 bits per heavy atom.